The summed E-state index contributed by atoms with van der Waals surface area (Å²) in [6, 6.07) is 7.58. The number of ether oxygens (including phenoxy) is 1. The van der Waals surface area contributed by atoms with Gasteiger partial charge in [0.15, 0.2) is 11.3 Å². The fourth-order valence-electron chi connectivity index (χ4n) is 2.53. The first-order valence-electron chi connectivity index (χ1n) is 7.64. The molecule has 1 aliphatic rings. The highest BCUT2D eigenvalue weighted by Crippen LogP contribution is 2.29. The molecule has 1 heterocycles. The van der Waals surface area contributed by atoms with Crippen molar-refractivity contribution in [2.45, 2.75) is 19.2 Å². The maximum absolute atomic E-state index is 12.1. The van der Waals surface area contributed by atoms with E-state index in [0.29, 0.717) is 13.2 Å². The highest BCUT2D eigenvalue weighted by atomic mass is 32.2. The first-order valence-corrected chi connectivity index (χ1v) is 9.08. The molecule has 0 aliphatic carbocycles. The second-order valence-electron chi connectivity index (χ2n) is 5.54. The number of thiocarbonyl (C=S) groups is 1. The van der Waals surface area contributed by atoms with Crippen molar-refractivity contribution in [3.63, 3.8) is 0 Å². The van der Waals surface area contributed by atoms with Gasteiger partial charge in [-0.15, -0.1) is 4.36 Å². The van der Waals surface area contributed by atoms with Gasteiger partial charge >= 0.3 is 10.5 Å². The molecule has 2 atom stereocenters. The van der Waals surface area contributed by atoms with E-state index in [0.717, 1.165) is 11.1 Å². The molecule has 0 bridgehead atoms. The van der Waals surface area contributed by atoms with Crippen LogP contribution in [0, 0.1) is 6.92 Å². The van der Waals surface area contributed by atoms with E-state index in [1.54, 1.807) is 11.9 Å². The van der Waals surface area contributed by atoms with Crippen molar-refractivity contribution in [2.75, 3.05) is 26.7 Å². The van der Waals surface area contributed by atoms with E-state index in [9.17, 15) is 13.2 Å². The van der Waals surface area contributed by atoms with Gasteiger partial charge < -0.3 is 15.4 Å². The van der Waals surface area contributed by atoms with E-state index < -0.39 is 22.8 Å². The zero-order valence-corrected chi connectivity index (χ0v) is 15.6. The van der Waals surface area contributed by atoms with Gasteiger partial charge in [0, 0.05) is 13.6 Å². The van der Waals surface area contributed by atoms with Gasteiger partial charge in [0.2, 0.25) is 5.91 Å². The Bertz CT molecular complexity index is 756. The number of amides is 1. The first-order chi connectivity index (χ1) is 11.9. The Morgan fingerprint density at radius 2 is 2.08 bits per heavy atom. The minimum absolute atomic E-state index is 0.0427. The third kappa shape index (κ3) is 5.56. The van der Waals surface area contributed by atoms with Crippen LogP contribution >= 0.6 is 12.2 Å². The third-order valence-corrected chi connectivity index (χ3v) is 4.44. The smallest absolute Gasteiger partial charge is 0.312 e. The average molecular weight is 384 g/mol. The second-order valence-corrected chi connectivity index (χ2v) is 6.59. The minimum atomic E-state index is -2.63. The second kappa shape index (κ2) is 8.99. The molecule has 2 N–H and O–H groups in total. The number of morpholine rings is 1. The molecule has 0 aromatic heterocycles. The van der Waals surface area contributed by atoms with Crippen LogP contribution in [0.25, 0.3) is 0 Å². The number of hydrogen-bond acceptors (Lipinski definition) is 7. The molecule has 136 valence electrons. The van der Waals surface area contributed by atoms with E-state index in [2.05, 4.69) is 15.0 Å². The zero-order chi connectivity index (χ0) is 18.4. The van der Waals surface area contributed by atoms with Crippen LogP contribution in [0.15, 0.2) is 28.6 Å². The summed E-state index contributed by atoms with van der Waals surface area (Å²) in [7, 11) is -1.03. The van der Waals surface area contributed by atoms with Crippen LogP contribution in [-0.2, 0) is 20.0 Å². The van der Waals surface area contributed by atoms with Crippen molar-refractivity contribution >= 4 is 33.7 Å². The fourth-order valence-corrected chi connectivity index (χ4v) is 3.06. The number of benzene rings is 1. The molecule has 10 heteroatoms. The monoisotopic (exact) mass is 384 g/mol. The number of rotatable bonds is 4. The maximum Gasteiger partial charge on any atom is 0.312 e. The van der Waals surface area contributed by atoms with Crippen molar-refractivity contribution in [1.82, 2.24) is 15.5 Å². The normalized spacial score (nSPS) is 20.6. The maximum atomic E-state index is 12.1. The molecule has 1 aromatic rings. The van der Waals surface area contributed by atoms with Gasteiger partial charge in [0.05, 0.1) is 13.2 Å². The quantitative estimate of drug-likeness (QED) is 0.724. The van der Waals surface area contributed by atoms with Gasteiger partial charge in [-0.1, -0.05) is 29.8 Å². The largest absolute Gasteiger partial charge is 0.368 e. The summed E-state index contributed by atoms with van der Waals surface area (Å²) in [5.41, 5.74) is 1.89. The van der Waals surface area contributed by atoms with Crippen molar-refractivity contribution in [1.29, 1.82) is 0 Å². The zero-order valence-electron chi connectivity index (χ0n) is 13.9. The molecular weight excluding hydrogens is 364 g/mol. The molecule has 0 spiro atoms. The molecule has 8 nitrogen and oxygen atoms in total. The molecule has 25 heavy (non-hydrogen) atoms. The average Bonchev–Trinajstić information content (AvgIpc) is 2.56. The molecule has 2 unspecified atom stereocenters. The standard InChI is InChI=1S/C15H20N4O4S2/c1-10-3-5-11(6-4-10)13-14(18-25(21)22)19(7-8-23-13)9-12(20)17-15(24)16-2/h3-6,13-14H,7-9H2,1-2H3,(H2,16,17,20,24). The van der Waals surface area contributed by atoms with Gasteiger partial charge in [-0.3, -0.25) is 9.69 Å². The SMILES string of the molecule is CNC(=S)NC(=O)CN1CCOC(c2ccc(C)cc2)C1N=S(=O)=O. The van der Waals surface area contributed by atoms with Gasteiger partial charge in [0.25, 0.3) is 0 Å². The fraction of sp³-hybridized carbons (Fsp3) is 0.467. The summed E-state index contributed by atoms with van der Waals surface area (Å²) in [5.74, 6) is -0.346. The Labute approximate surface area is 153 Å². The third-order valence-electron chi connectivity index (χ3n) is 3.75. The summed E-state index contributed by atoms with van der Waals surface area (Å²) in [6.45, 7) is 2.66. The number of carbonyl (C=O) groups is 1. The van der Waals surface area contributed by atoms with Gasteiger partial charge in [-0.25, -0.2) is 0 Å². The predicted octanol–water partition coefficient (Wildman–Crippen LogP) is 0.378. The van der Waals surface area contributed by atoms with Crippen molar-refractivity contribution < 1.29 is 17.9 Å². The van der Waals surface area contributed by atoms with Gasteiger partial charge in [-0.05, 0) is 24.7 Å². The highest BCUT2D eigenvalue weighted by molar-refractivity contribution is 7.80. The predicted molar refractivity (Wildman–Crippen MR) is 96.4 cm³/mol. The number of carbonyl (C=O) groups excluding carboxylic acids is 1. The molecule has 1 aromatic carbocycles. The van der Waals surface area contributed by atoms with Crippen molar-refractivity contribution in [3.05, 3.63) is 35.4 Å². The molecule has 0 saturated carbocycles. The van der Waals surface area contributed by atoms with E-state index in [-0.39, 0.29) is 17.6 Å². The first kappa shape index (κ1) is 19.4. The van der Waals surface area contributed by atoms with E-state index in [1.165, 1.54) is 0 Å². The summed E-state index contributed by atoms with van der Waals surface area (Å²) in [6.07, 6.45) is -1.39. The molecule has 1 saturated heterocycles. The Kier molecular flexibility index (Phi) is 7.00. The van der Waals surface area contributed by atoms with Gasteiger partial charge in [0.1, 0.15) is 6.10 Å². The van der Waals surface area contributed by atoms with Crippen LogP contribution in [0.3, 0.4) is 0 Å². The number of aryl methyl sites for hydroxylation is 1. The summed E-state index contributed by atoms with van der Waals surface area (Å²) in [4.78, 5) is 13.7. The molecule has 2 rings (SSSR count). The highest BCUT2D eigenvalue weighted by Gasteiger charge is 2.35. The van der Waals surface area contributed by atoms with Crippen LogP contribution in [-0.4, -0.2) is 57.2 Å². The van der Waals surface area contributed by atoms with Crippen molar-refractivity contribution in [3.8, 4) is 0 Å². The minimum Gasteiger partial charge on any atom is -0.368 e. The number of nitrogens with one attached hydrogen (secondary N) is 2. The molecule has 1 aliphatic heterocycles. The van der Waals surface area contributed by atoms with Crippen molar-refractivity contribution in [2.24, 2.45) is 4.36 Å². The topological polar surface area (TPSA) is 100 Å². The summed E-state index contributed by atoms with van der Waals surface area (Å²) < 4.78 is 31.8. The molecule has 0 radical (unpaired) electrons. The molecular formula is C15H20N4O4S2. The lowest BCUT2D eigenvalue weighted by molar-refractivity contribution is -0.126. The van der Waals surface area contributed by atoms with Crippen LogP contribution < -0.4 is 10.6 Å². The Morgan fingerprint density at radius 3 is 2.68 bits per heavy atom. The molecule has 1 amide bonds. The molecule has 1 fully saturated rings. The number of hydrogen-bond donors (Lipinski definition) is 2. The van der Waals surface area contributed by atoms with Crippen LogP contribution in [0.1, 0.15) is 17.2 Å². The van der Waals surface area contributed by atoms with Crippen LogP contribution in [0.5, 0.6) is 0 Å². The Hall–Kier alpha value is -1.88. The Morgan fingerprint density at radius 1 is 1.40 bits per heavy atom. The van der Waals surface area contributed by atoms with E-state index in [1.807, 2.05) is 31.2 Å². The lowest BCUT2D eigenvalue weighted by Crippen LogP contribution is -2.51. The Balaban J connectivity index is 2.23. The van der Waals surface area contributed by atoms with Gasteiger partial charge in [-0.2, -0.15) is 8.42 Å². The number of nitrogens with zero attached hydrogens (tertiary/aromatic N) is 2. The van der Waals surface area contributed by atoms with E-state index >= 15 is 0 Å². The summed E-state index contributed by atoms with van der Waals surface area (Å²) >= 11 is 4.90. The van der Waals surface area contributed by atoms with E-state index in [4.69, 9.17) is 17.0 Å². The van der Waals surface area contributed by atoms with Crippen LogP contribution in [0.4, 0.5) is 0 Å². The lowest BCUT2D eigenvalue weighted by Gasteiger charge is -2.37. The van der Waals surface area contributed by atoms with Crippen LogP contribution in [0.2, 0.25) is 0 Å². The lowest BCUT2D eigenvalue weighted by atomic mass is 10.0. The summed E-state index contributed by atoms with van der Waals surface area (Å²) in [5, 5.41) is 5.37.